The van der Waals surface area contributed by atoms with Crippen LogP contribution in [0, 0.1) is 6.92 Å². The molecule has 1 heterocycles. The Morgan fingerprint density at radius 1 is 0.964 bits per heavy atom. The molecule has 28 heavy (non-hydrogen) atoms. The second kappa shape index (κ2) is 6.73. The van der Waals surface area contributed by atoms with E-state index >= 15 is 0 Å². The lowest BCUT2D eigenvalue weighted by Gasteiger charge is -2.12. The number of carbonyl (C=O) groups excluding carboxylic acids is 1. The molecule has 140 valence electrons. The van der Waals surface area contributed by atoms with Crippen LogP contribution in [0.2, 0.25) is 0 Å². The summed E-state index contributed by atoms with van der Waals surface area (Å²) in [5.41, 5.74) is 2.34. The smallest absolute Gasteiger partial charge is 0.257 e. The molecule has 1 aromatic heterocycles. The molecule has 0 aliphatic rings. The second-order valence-corrected chi connectivity index (χ2v) is 8.76. The minimum atomic E-state index is -3.30. The van der Waals surface area contributed by atoms with Crippen LogP contribution in [0.25, 0.3) is 21.7 Å². The van der Waals surface area contributed by atoms with Gasteiger partial charge in [-0.1, -0.05) is 30.3 Å². The first-order valence-electron chi connectivity index (χ1n) is 8.73. The number of fused-ring (bicyclic) bond motifs is 3. The predicted molar refractivity (Wildman–Crippen MR) is 111 cm³/mol. The molecule has 0 aliphatic heterocycles. The van der Waals surface area contributed by atoms with Gasteiger partial charge in [-0.15, -0.1) is 0 Å². The number of aromatic nitrogens is 1. The van der Waals surface area contributed by atoms with Gasteiger partial charge in [-0.2, -0.15) is 0 Å². The van der Waals surface area contributed by atoms with Crippen LogP contribution in [0.1, 0.15) is 15.9 Å². The van der Waals surface area contributed by atoms with Crippen molar-refractivity contribution in [3.05, 3.63) is 78.0 Å². The van der Waals surface area contributed by atoms with Gasteiger partial charge < -0.3 is 5.32 Å². The fraction of sp³-hybridized carbons (Fsp3) is 0.0909. The third-order valence-electron chi connectivity index (χ3n) is 4.73. The first-order valence-corrected chi connectivity index (χ1v) is 10.6. The molecular formula is C22H18N2O3S. The predicted octanol–water partition coefficient (Wildman–Crippen LogP) is 4.35. The molecule has 0 fully saturated rings. The van der Waals surface area contributed by atoms with E-state index in [4.69, 9.17) is 0 Å². The van der Waals surface area contributed by atoms with Crippen LogP contribution in [0.15, 0.2) is 71.8 Å². The Hall–Kier alpha value is -3.25. The van der Waals surface area contributed by atoms with E-state index in [9.17, 15) is 13.2 Å². The number of sulfone groups is 1. The van der Waals surface area contributed by atoms with Gasteiger partial charge in [0.25, 0.3) is 5.91 Å². The van der Waals surface area contributed by atoms with E-state index in [0.29, 0.717) is 22.3 Å². The van der Waals surface area contributed by atoms with Crippen molar-refractivity contribution in [2.75, 3.05) is 11.6 Å². The average molecular weight is 390 g/mol. The summed E-state index contributed by atoms with van der Waals surface area (Å²) in [6, 6.07) is 18.2. The number of amides is 1. The van der Waals surface area contributed by atoms with Gasteiger partial charge in [0.2, 0.25) is 0 Å². The maximum atomic E-state index is 13.0. The van der Waals surface area contributed by atoms with Gasteiger partial charge in [0, 0.05) is 23.5 Å². The van der Waals surface area contributed by atoms with Crippen LogP contribution >= 0.6 is 0 Å². The van der Waals surface area contributed by atoms with Gasteiger partial charge in [-0.3, -0.25) is 9.78 Å². The van der Waals surface area contributed by atoms with E-state index in [1.165, 1.54) is 6.07 Å². The van der Waals surface area contributed by atoms with Gasteiger partial charge in [-0.25, -0.2) is 8.42 Å². The molecule has 5 nitrogen and oxygen atoms in total. The molecule has 0 radical (unpaired) electrons. The van der Waals surface area contributed by atoms with E-state index in [-0.39, 0.29) is 10.8 Å². The van der Waals surface area contributed by atoms with Gasteiger partial charge >= 0.3 is 0 Å². The summed E-state index contributed by atoms with van der Waals surface area (Å²) in [6.45, 7) is 1.76. The van der Waals surface area contributed by atoms with Crippen molar-refractivity contribution in [2.24, 2.45) is 0 Å². The molecule has 0 spiro atoms. The van der Waals surface area contributed by atoms with Gasteiger partial charge in [-0.05, 0) is 53.6 Å². The van der Waals surface area contributed by atoms with Crippen molar-refractivity contribution in [3.63, 3.8) is 0 Å². The maximum absolute atomic E-state index is 13.0. The molecule has 1 N–H and O–H groups in total. The number of hydrogen-bond donors (Lipinski definition) is 1. The van der Waals surface area contributed by atoms with Crippen LogP contribution in [-0.2, 0) is 9.84 Å². The maximum Gasteiger partial charge on any atom is 0.257 e. The highest BCUT2D eigenvalue weighted by atomic mass is 32.2. The van der Waals surface area contributed by atoms with E-state index < -0.39 is 9.84 Å². The molecule has 4 rings (SSSR count). The summed E-state index contributed by atoms with van der Waals surface area (Å²) < 4.78 is 23.4. The first kappa shape index (κ1) is 18.1. The van der Waals surface area contributed by atoms with Crippen LogP contribution in [-0.4, -0.2) is 25.6 Å². The zero-order valence-corrected chi connectivity index (χ0v) is 16.2. The van der Waals surface area contributed by atoms with Gasteiger partial charge in [0.05, 0.1) is 16.0 Å². The van der Waals surface area contributed by atoms with Crippen molar-refractivity contribution >= 4 is 43.1 Å². The SMILES string of the molecule is Cc1cc(S(C)(=O)=O)ccc1NC(=O)c1cc2ccccc2c2cccnc12. The third-order valence-corrected chi connectivity index (χ3v) is 5.84. The van der Waals surface area contributed by atoms with E-state index in [1.54, 1.807) is 25.3 Å². The number of pyridine rings is 1. The standard InChI is InChI=1S/C22H18N2O3S/c1-14-12-16(28(2,26)27)9-10-20(14)24-22(25)19-13-15-6-3-4-7-17(15)18-8-5-11-23-21(18)19/h3-13H,1-2H3,(H,24,25). The number of anilines is 1. The summed E-state index contributed by atoms with van der Waals surface area (Å²) >= 11 is 0. The largest absolute Gasteiger partial charge is 0.322 e. The Kier molecular flexibility index (Phi) is 4.35. The van der Waals surface area contributed by atoms with Crippen LogP contribution in [0.3, 0.4) is 0 Å². The normalized spacial score (nSPS) is 11.6. The first-order chi connectivity index (χ1) is 13.3. The average Bonchev–Trinajstić information content (AvgIpc) is 2.68. The van der Waals surface area contributed by atoms with Crippen molar-refractivity contribution in [3.8, 4) is 0 Å². The number of carbonyl (C=O) groups is 1. The van der Waals surface area contributed by atoms with E-state index in [1.807, 2.05) is 42.5 Å². The summed E-state index contributed by atoms with van der Waals surface area (Å²) in [5.74, 6) is -0.287. The number of aryl methyl sites for hydroxylation is 1. The second-order valence-electron chi connectivity index (χ2n) is 6.75. The number of nitrogens with one attached hydrogen (secondary N) is 1. The van der Waals surface area contributed by atoms with Crippen LogP contribution < -0.4 is 5.32 Å². The summed E-state index contributed by atoms with van der Waals surface area (Å²) in [6.07, 6.45) is 2.83. The van der Waals surface area contributed by atoms with Crippen LogP contribution in [0.4, 0.5) is 5.69 Å². The van der Waals surface area contributed by atoms with E-state index in [0.717, 1.165) is 22.4 Å². The number of hydrogen-bond acceptors (Lipinski definition) is 4. The molecular weight excluding hydrogens is 372 g/mol. The molecule has 0 bridgehead atoms. The van der Waals surface area contributed by atoms with Crippen molar-refractivity contribution in [1.29, 1.82) is 0 Å². The molecule has 0 unspecified atom stereocenters. The molecule has 4 aromatic rings. The zero-order valence-electron chi connectivity index (χ0n) is 15.4. The summed E-state index contributed by atoms with van der Waals surface area (Å²) in [5, 5.41) is 5.79. The molecule has 0 atom stereocenters. The lowest BCUT2D eigenvalue weighted by atomic mass is 10.00. The third kappa shape index (κ3) is 3.23. The highest BCUT2D eigenvalue weighted by Crippen LogP contribution is 2.28. The van der Waals surface area contributed by atoms with Crippen molar-refractivity contribution < 1.29 is 13.2 Å². The van der Waals surface area contributed by atoms with Crippen molar-refractivity contribution in [1.82, 2.24) is 4.98 Å². The zero-order chi connectivity index (χ0) is 19.9. The molecule has 0 saturated heterocycles. The molecule has 1 amide bonds. The highest BCUT2D eigenvalue weighted by molar-refractivity contribution is 7.90. The highest BCUT2D eigenvalue weighted by Gasteiger charge is 2.16. The quantitative estimate of drug-likeness (QED) is 0.528. The Morgan fingerprint density at radius 3 is 2.46 bits per heavy atom. The van der Waals surface area contributed by atoms with Gasteiger partial charge in [0.1, 0.15) is 0 Å². The van der Waals surface area contributed by atoms with Crippen molar-refractivity contribution in [2.45, 2.75) is 11.8 Å². The monoisotopic (exact) mass is 390 g/mol. The minimum Gasteiger partial charge on any atom is -0.322 e. The number of nitrogens with zero attached hydrogens (tertiary/aromatic N) is 1. The Morgan fingerprint density at radius 2 is 1.71 bits per heavy atom. The molecule has 6 heteroatoms. The molecule has 3 aromatic carbocycles. The van der Waals surface area contributed by atoms with E-state index in [2.05, 4.69) is 10.3 Å². The summed E-state index contributed by atoms with van der Waals surface area (Å²) in [7, 11) is -3.30. The number of benzene rings is 3. The fourth-order valence-electron chi connectivity index (χ4n) is 3.30. The van der Waals surface area contributed by atoms with Gasteiger partial charge in [0.15, 0.2) is 9.84 Å². The lowest BCUT2D eigenvalue weighted by Crippen LogP contribution is -2.14. The lowest BCUT2D eigenvalue weighted by molar-refractivity contribution is 0.102. The van der Waals surface area contributed by atoms with Crippen LogP contribution in [0.5, 0.6) is 0 Å². The Balaban J connectivity index is 1.79. The molecule has 0 saturated carbocycles. The topological polar surface area (TPSA) is 76.1 Å². The molecule has 0 aliphatic carbocycles. The minimum absolute atomic E-state index is 0.223. The summed E-state index contributed by atoms with van der Waals surface area (Å²) in [4.78, 5) is 17.7. The Labute approximate surface area is 163 Å². The Bertz CT molecular complexity index is 1340. The number of rotatable bonds is 3. The fourth-order valence-corrected chi connectivity index (χ4v) is 4.01.